The van der Waals surface area contributed by atoms with Gasteiger partial charge in [-0.1, -0.05) is 19.3 Å². The first kappa shape index (κ1) is 15.0. The Morgan fingerprint density at radius 3 is 2.56 bits per heavy atom. The number of nitrogens with one attached hydrogen (secondary N) is 2. The summed E-state index contributed by atoms with van der Waals surface area (Å²) < 4.78 is 4.79. The minimum Gasteiger partial charge on any atom is -0.465 e. The normalized spacial score (nSPS) is 18.1. The number of amides is 1. The van der Waals surface area contributed by atoms with Gasteiger partial charge in [0.05, 0.1) is 19.2 Å². The Bertz CT molecular complexity index is 275. The molecule has 2 N–H and O–H groups in total. The smallest absolute Gasteiger partial charge is 0.319 e. The van der Waals surface area contributed by atoms with E-state index in [1.165, 1.54) is 19.3 Å². The van der Waals surface area contributed by atoms with Gasteiger partial charge in [-0.05, 0) is 26.7 Å². The van der Waals surface area contributed by atoms with Gasteiger partial charge in [0.2, 0.25) is 5.91 Å². The molecular formula is C13H24N2O3. The molecule has 0 radical (unpaired) electrons. The van der Waals surface area contributed by atoms with Gasteiger partial charge in [0, 0.05) is 6.04 Å². The highest BCUT2D eigenvalue weighted by Crippen LogP contribution is 2.17. The van der Waals surface area contributed by atoms with Gasteiger partial charge in [0.15, 0.2) is 0 Å². The van der Waals surface area contributed by atoms with E-state index in [1.54, 1.807) is 13.8 Å². The molecule has 1 atom stereocenters. The van der Waals surface area contributed by atoms with Gasteiger partial charge in [-0.3, -0.25) is 14.9 Å². The van der Waals surface area contributed by atoms with Crippen molar-refractivity contribution in [1.29, 1.82) is 0 Å². The van der Waals surface area contributed by atoms with E-state index in [-0.39, 0.29) is 24.5 Å². The predicted octanol–water partition coefficient (Wildman–Crippen LogP) is 0.976. The first-order chi connectivity index (χ1) is 8.63. The molecule has 1 unspecified atom stereocenters. The molecule has 0 saturated heterocycles. The minimum atomic E-state index is -0.365. The van der Waals surface area contributed by atoms with Gasteiger partial charge < -0.3 is 10.1 Å². The second-order valence-electron chi connectivity index (χ2n) is 4.75. The van der Waals surface area contributed by atoms with Crippen molar-refractivity contribution in [3.8, 4) is 0 Å². The highest BCUT2D eigenvalue weighted by Gasteiger charge is 2.19. The summed E-state index contributed by atoms with van der Waals surface area (Å²) in [5, 5.41) is 5.89. The largest absolute Gasteiger partial charge is 0.465 e. The monoisotopic (exact) mass is 256 g/mol. The number of carbonyl (C=O) groups excluding carboxylic acids is 2. The van der Waals surface area contributed by atoms with Crippen LogP contribution in [0.25, 0.3) is 0 Å². The van der Waals surface area contributed by atoms with Gasteiger partial charge >= 0.3 is 5.97 Å². The fourth-order valence-electron chi connectivity index (χ4n) is 2.11. The number of hydrogen-bond acceptors (Lipinski definition) is 4. The van der Waals surface area contributed by atoms with Crippen LogP contribution in [-0.4, -0.2) is 37.1 Å². The summed E-state index contributed by atoms with van der Waals surface area (Å²) in [4.78, 5) is 23.0. The molecule has 5 heteroatoms. The lowest BCUT2D eigenvalue weighted by molar-refractivity contribution is -0.142. The maximum atomic E-state index is 11.9. The molecule has 1 amide bonds. The molecule has 1 rings (SSSR count). The molecule has 0 aromatic heterocycles. The average Bonchev–Trinajstić information content (AvgIpc) is 2.37. The summed E-state index contributed by atoms with van der Waals surface area (Å²) in [6, 6.07) is -0.0607. The van der Waals surface area contributed by atoms with Crippen molar-refractivity contribution in [3.05, 3.63) is 0 Å². The van der Waals surface area contributed by atoms with Crippen molar-refractivity contribution in [2.75, 3.05) is 13.2 Å². The Balaban J connectivity index is 2.21. The third kappa shape index (κ3) is 5.49. The number of carbonyl (C=O) groups is 2. The third-order valence-corrected chi connectivity index (χ3v) is 3.20. The molecule has 18 heavy (non-hydrogen) atoms. The van der Waals surface area contributed by atoms with E-state index >= 15 is 0 Å². The first-order valence-electron chi connectivity index (χ1n) is 6.83. The molecule has 0 heterocycles. The molecule has 1 saturated carbocycles. The molecular weight excluding hydrogens is 232 g/mol. The molecule has 0 spiro atoms. The maximum absolute atomic E-state index is 11.9. The zero-order chi connectivity index (χ0) is 13.4. The Morgan fingerprint density at radius 2 is 1.94 bits per heavy atom. The van der Waals surface area contributed by atoms with Gasteiger partial charge in [-0.25, -0.2) is 0 Å². The fraction of sp³-hybridized carbons (Fsp3) is 0.846. The Labute approximate surface area is 109 Å². The van der Waals surface area contributed by atoms with E-state index in [4.69, 9.17) is 4.74 Å². The van der Waals surface area contributed by atoms with Crippen LogP contribution >= 0.6 is 0 Å². The molecule has 0 bridgehead atoms. The zero-order valence-electron chi connectivity index (χ0n) is 11.3. The summed E-state index contributed by atoms with van der Waals surface area (Å²) in [6.07, 6.45) is 5.78. The summed E-state index contributed by atoms with van der Waals surface area (Å²) >= 11 is 0. The standard InChI is InChI=1S/C13H24N2O3/c1-3-18-12(16)9-14-10(2)13(17)15-11-7-5-4-6-8-11/h10-11,14H,3-9H2,1-2H3,(H,15,17). The Hall–Kier alpha value is -1.10. The highest BCUT2D eigenvalue weighted by atomic mass is 16.5. The molecule has 1 aliphatic carbocycles. The van der Waals surface area contributed by atoms with E-state index in [0.717, 1.165) is 12.8 Å². The Kier molecular flexibility index (Phi) is 6.72. The average molecular weight is 256 g/mol. The van der Waals surface area contributed by atoms with Gasteiger partial charge in [0.1, 0.15) is 0 Å². The van der Waals surface area contributed by atoms with Crippen molar-refractivity contribution in [3.63, 3.8) is 0 Å². The maximum Gasteiger partial charge on any atom is 0.319 e. The Morgan fingerprint density at radius 1 is 1.28 bits per heavy atom. The zero-order valence-corrected chi connectivity index (χ0v) is 11.3. The van der Waals surface area contributed by atoms with E-state index < -0.39 is 0 Å². The van der Waals surface area contributed by atoms with Gasteiger partial charge in [-0.2, -0.15) is 0 Å². The van der Waals surface area contributed by atoms with Crippen LogP contribution < -0.4 is 10.6 Å². The number of esters is 1. The highest BCUT2D eigenvalue weighted by molar-refractivity contribution is 5.82. The first-order valence-corrected chi connectivity index (χ1v) is 6.83. The number of rotatable bonds is 6. The fourth-order valence-corrected chi connectivity index (χ4v) is 2.11. The van der Waals surface area contributed by atoms with Crippen molar-refractivity contribution >= 4 is 11.9 Å². The molecule has 0 aliphatic heterocycles. The van der Waals surface area contributed by atoms with Crippen molar-refractivity contribution in [1.82, 2.24) is 10.6 Å². The van der Waals surface area contributed by atoms with Crippen LogP contribution in [-0.2, 0) is 14.3 Å². The van der Waals surface area contributed by atoms with Crippen LogP contribution in [0.1, 0.15) is 46.0 Å². The number of ether oxygens (including phenoxy) is 1. The van der Waals surface area contributed by atoms with Crippen LogP contribution in [0, 0.1) is 0 Å². The van der Waals surface area contributed by atoms with Crippen molar-refractivity contribution in [2.45, 2.75) is 58.0 Å². The van der Waals surface area contributed by atoms with Gasteiger partial charge in [-0.15, -0.1) is 0 Å². The lowest BCUT2D eigenvalue weighted by atomic mass is 9.95. The van der Waals surface area contributed by atoms with E-state index in [2.05, 4.69) is 10.6 Å². The minimum absolute atomic E-state index is 0.0359. The predicted molar refractivity (Wildman–Crippen MR) is 69.1 cm³/mol. The van der Waals surface area contributed by atoms with Crippen LogP contribution in [0.2, 0.25) is 0 Å². The summed E-state index contributed by atoms with van der Waals surface area (Å²) in [7, 11) is 0. The molecule has 1 aliphatic rings. The topological polar surface area (TPSA) is 67.4 Å². The second-order valence-corrected chi connectivity index (χ2v) is 4.75. The lowest BCUT2D eigenvalue weighted by Gasteiger charge is -2.24. The van der Waals surface area contributed by atoms with Crippen LogP contribution in [0.4, 0.5) is 0 Å². The van der Waals surface area contributed by atoms with Crippen LogP contribution in [0.15, 0.2) is 0 Å². The third-order valence-electron chi connectivity index (χ3n) is 3.20. The molecule has 104 valence electrons. The quantitative estimate of drug-likeness (QED) is 0.695. The van der Waals surface area contributed by atoms with E-state index in [1.807, 2.05) is 0 Å². The summed E-state index contributed by atoms with van der Waals surface area (Å²) in [6.45, 7) is 3.96. The molecule has 5 nitrogen and oxygen atoms in total. The van der Waals surface area contributed by atoms with Crippen LogP contribution in [0.3, 0.4) is 0 Å². The van der Waals surface area contributed by atoms with Crippen molar-refractivity contribution < 1.29 is 14.3 Å². The lowest BCUT2D eigenvalue weighted by Crippen LogP contribution is -2.48. The van der Waals surface area contributed by atoms with E-state index in [0.29, 0.717) is 12.6 Å². The van der Waals surface area contributed by atoms with Crippen LogP contribution in [0.5, 0.6) is 0 Å². The molecule has 0 aromatic rings. The molecule has 1 fully saturated rings. The number of hydrogen-bond donors (Lipinski definition) is 2. The molecule has 0 aromatic carbocycles. The van der Waals surface area contributed by atoms with E-state index in [9.17, 15) is 9.59 Å². The van der Waals surface area contributed by atoms with Gasteiger partial charge in [0.25, 0.3) is 0 Å². The van der Waals surface area contributed by atoms with Crippen molar-refractivity contribution in [2.24, 2.45) is 0 Å². The summed E-state index contributed by atoms with van der Waals surface area (Å²) in [5.74, 6) is -0.360. The second kappa shape index (κ2) is 8.08. The summed E-state index contributed by atoms with van der Waals surface area (Å²) in [5.41, 5.74) is 0. The SMILES string of the molecule is CCOC(=O)CNC(C)C(=O)NC1CCCCC1.